The summed E-state index contributed by atoms with van der Waals surface area (Å²) in [6.07, 6.45) is 5.57. The SMILES string of the molecule is O=C(CCNC(=O)c1ccc(Br)cc1)Nc1cccc(Cn2ccnc2)c1. The largest absolute Gasteiger partial charge is 0.352 e. The number of halogens is 1. The zero-order chi connectivity index (χ0) is 19.1. The Kier molecular flexibility index (Phi) is 6.38. The summed E-state index contributed by atoms with van der Waals surface area (Å²) in [6.45, 7) is 0.961. The molecule has 138 valence electrons. The summed E-state index contributed by atoms with van der Waals surface area (Å²) < 4.78 is 2.87. The molecule has 6 nitrogen and oxygen atoms in total. The van der Waals surface area contributed by atoms with Crippen LogP contribution in [0, 0.1) is 0 Å². The van der Waals surface area contributed by atoms with Crippen molar-refractivity contribution in [1.29, 1.82) is 0 Å². The fraction of sp³-hybridized carbons (Fsp3) is 0.150. The van der Waals surface area contributed by atoms with Gasteiger partial charge in [0.05, 0.1) is 6.33 Å². The molecule has 1 aromatic heterocycles. The lowest BCUT2D eigenvalue weighted by atomic mass is 10.2. The average Bonchev–Trinajstić information content (AvgIpc) is 3.15. The Morgan fingerprint density at radius 1 is 1.11 bits per heavy atom. The standard InChI is InChI=1S/C20H19BrN4O2/c21-17-6-4-16(5-7-17)20(27)23-9-8-19(26)24-18-3-1-2-15(12-18)13-25-11-10-22-14-25/h1-7,10-12,14H,8-9,13H2,(H,23,27)(H,24,26). The molecule has 0 aliphatic rings. The first kappa shape index (κ1) is 18.8. The Morgan fingerprint density at radius 3 is 2.67 bits per heavy atom. The lowest BCUT2D eigenvalue weighted by Gasteiger charge is -2.09. The second kappa shape index (κ2) is 9.14. The maximum atomic E-state index is 12.1. The van der Waals surface area contributed by atoms with Crippen molar-refractivity contribution in [1.82, 2.24) is 14.9 Å². The van der Waals surface area contributed by atoms with Crippen LogP contribution in [0.5, 0.6) is 0 Å². The minimum Gasteiger partial charge on any atom is -0.352 e. The van der Waals surface area contributed by atoms with Gasteiger partial charge in [-0.1, -0.05) is 28.1 Å². The normalized spacial score (nSPS) is 10.4. The number of hydrogen-bond donors (Lipinski definition) is 2. The van der Waals surface area contributed by atoms with E-state index in [-0.39, 0.29) is 24.8 Å². The molecule has 2 aromatic carbocycles. The van der Waals surface area contributed by atoms with Crippen molar-refractivity contribution in [2.75, 3.05) is 11.9 Å². The summed E-state index contributed by atoms with van der Waals surface area (Å²) in [6, 6.07) is 14.7. The monoisotopic (exact) mass is 426 g/mol. The second-order valence-corrected chi connectivity index (χ2v) is 6.91. The van der Waals surface area contributed by atoms with E-state index in [0.29, 0.717) is 12.1 Å². The summed E-state index contributed by atoms with van der Waals surface area (Å²) in [4.78, 5) is 28.2. The topological polar surface area (TPSA) is 76.0 Å². The van der Waals surface area contributed by atoms with Gasteiger partial charge < -0.3 is 15.2 Å². The summed E-state index contributed by atoms with van der Waals surface area (Å²) in [7, 11) is 0. The number of benzene rings is 2. The van der Waals surface area contributed by atoms with Gasteiger partial charge in [0.25, 0.3) is 5.91 Å². The Labute approximate surface area is 165 Å². The van der Waals surface area contributed by atoms with Gasteiger partial charge in [0.15, 0.2) is 0 Å². The quantitative estimate of drug-likeness (QED) is 0.607. The predicted octanol–water partition coefficient (Wildman–Crippen LogP) is 3.45. The first-order chi connectivity index (χ1) is 13.1. The van der Waals surface area contributed by atoms with E-state index in [1.54, 1.807) is 36.8 Å². The fourth-order valence-electron chi connectivity index (χ4n) is 2.55. The van der Waals surface area contributed by atoms with Gasteiger partial charge in [0.2, 0.25) is 5.91 Å². The number of rotatable bonds is 7. The van der Waals surface area contributed by atoms with Gasteiger partial charge in [-0.3, -0.25) is 9.59 Å². The Morgan fingerprint density at radius 2 is 1.93 bits per heavy atom. The molecule has 1 heterocycles. The van der Waals surface area contributed by atoms with Gasteiger partial charge >= 0.3 is 0 Å². The molecule has 7 heteroatoms. The molecule has 0 radical (unpaired) electrons. The third-order valence-corrected chi connectivity index (χ3v) is 4.41. The molecule has 2 N–H and O–H groups in total. The van der Waals surface area contributed by atoms with E-state index in [2.05, 4.69) is 31.5 Å². The van der Waals surface area contributed by atoms with E-state index in [4.69, 9.17) is 0 Å². The van der Waals surface area contributed by atoms with Gasteiger partial charge in [-0.25, -0.2) is 4.98 Å². The number of hydrogen-bond acceptors (Lipinski definition) is 3. The third kappa shape index (κ3) is 5.79. The van der Waals surface area contributed by atoms with Crippen LogP contribution in [0.1, 0.15) is 22.3 Å². The maximum absolute atomic E-state index is 12.1. The van der Waals surface area contributed by atoms with E-state index in [0.717, 1.165) is 15.7 Å². The van der Waals surface area contributed by atoms with Gasteiger partial charge in [-0.05, 0) is 42.0 Å². The van der Waals surface area contributed by atoms with E-state index in [1.807, 2.05) is 35.0 Å². The number of nitrogens with zero attached hydrogens (tertiary/aromatic N) is 2. The summed E-state index contributed by atoms with van der Waals surface area (Å²) in [5.74, 6) is -0.344. The van der Waals surface area contributed by atoms with Gasteiger partial charge in [0.1, 0.15) is 0 Å². The predicted molar refractivity (Wildman–Crippen MR) is 107 cm³/mol. The fourth-order valence-corrected chi connectivity index (χ4v) is 2.82. The van der Waals surface area contributed by atoms with Crippen LogP contribution in [0.2, 0.25) is 0 Å². The molecule has 0 fully saturated rings. The smallest absolute Gasteiger partial charge is 0.251 e. The van der Waals surface area contributed by atoms with Crippen LogP contribution < -0.4 is 10.6 Å². The highest BCUT2D eigenvalue weighted by Gasteiger charge is 2.07. The summed E-state index contributed by atoms with van der Waals surface area (Å²) in [5.41, 5.74) is 2.36. The van der Waals surface area contributed by atoms with Crippen molar-refractivity contribution >= 4 is 33.4 Å². The van der Waals surface area contributed by atoms with E-state index in [9.17, 15) is 9.59 Å². The lowest BCUT2D eigenvalue weighted by molar-refractivity contribution is -0.116. The van der Waals surface area contributed by atoms with Crippen LogP contribution in [0.3, 0.4) is 0 Å². The van der Waals surface area contributed by atoms with Crippen molar-refractivity contribution in [3.8, 4) is 0 Å². The second-order valence-electron chi connectivity index (χ2n) is 6.00. The highest BCUT2D eigenvalue weighted by molar-refractivity contribution is 9.10. The molecule has 0 unspecified atom stereocenters. The van der Waals surface area contributed by atoms with Crippen molar-refractivity contribution in [2.45, 2.75) is 13.0 Å². The number of anilines is 1. The molecule has 0 saturated carbocycles. The molecule has 2 amide bonds. The highest BCUT2D eigenvalue weighted by atomic mass is 79.9. The van der Waals surface area contributed by atoms with Crippen molar-refractivity contribution in [3.63, 3.8) is 0 Å². The Balaban J connectivity index is 1.46. The van der Waals surface area contributed by atoms with Crippen molar-refractivity contribution < 1.29 is 9.59 Å². The number of aromatic nitrogens is 2. The summed E-state index contributed by atoms with van der Waals surface area (Å²) in [5, 5.41) is 5.61. The lowest BCUT2D eigenvalue weighted by Crippen LogP contribution is -2.27. The van der Waals surface area contributed by atoms with Gasteiger partial charge in [-0.2, -0.15) is 0 Å². The molecule has 0 saturated heterocycles. The van der Waals surface area contributed by atoms with Crippen molar-refractivity contribution in [3.05, 3.63) is 82.9 Å². The number of carbonyl (C=O) groups excluding carboxylic acids is 2. The van der Waals surface area contributed by atoms with Gasteiger partial charge in [-0.15, -0.1) is 0 Å². The minimum atomic E-state index is -0.197. The molecule has 0 atom stereocenters. The first-order valence-corrected chi connectivity index (χ1v) is 9.28. The van der Waals surface area contributed by atoms with Crippen LogP contribution >= 0.6 is 15.9 Å². The zero-order valence-corrected chi connectivity index (χ0v) is 16.1. The zero-order valence-electron chi connectivity index (χ0n) is 14.6. The molecule has 0 aliphatic heterocycles. The number of imidazole rings is 1. The molecule has 27 heavy (non-hydrogen) atoms. The van der Waals surface area contributed by atoms with Crippen LogP contribution in [-0.2, 0) is 11.3 Å². The van der Waals surface area contributed by atoms with Gasteiger partial charge in [0, 0.05) is 47.6 Å². The third-order valence-electron chi connectivity index (χ3n) is 3.88. The molecule has 0 bridgehead atoms. The molecular weight excluding hydrogens is 408 g/mol. The van der Waals surface area contributed by atoms with E-state index < -0.39 is 0 Å². The highest BCUT2D eigenvalue weighted by Crippen LogP contribution is 2.13. The molecule has 3 aromatic rings. The number of carbonyl (C=O) groups is 2. The average molecular weight is 427 g/mol. The Hall–Kier alpha value is -2.93. The molecular formula is C20H19BrN4O2. The van der Waals surface area contributed by atoms with E-state index in [1.165, 1.54) is 0 Å². The molecule has 3 rings (SSSR count). The molecule has 0 spiro atoms. The van der Waals surface area contributed by atoms with Crippen LogP contribution in [0.15, 0.2) is 71.7 Å². The van der Waals surface area contributed by atoms with Crippen LogP contribution in [0.25, 0.3) is 0 Å². The first-order valence-electron chi connectivity index (χ1n) is 8.48. The van der Waals surface area contributed by atoms with Crippen LogP contribution in [-0.4, -0.2) is 27.9 Å². The van der Waals surface area contributed by atoms with Crippen molar-refractivity contribution in [2.24, 2.45) is 0 Å². The van der Waals surface area contributed by atoms with E-state index >= 15 is 0 Å². The maximum Gasteiger partial charge on any atom is 0.251 e. The minimum absolute atomic E-state index is 0.147. The number of amides is 2. The summed E-state index contributed by atoms with van der Waals surface area (Å²) >= 11 is 3.33. The van der Waals surface area contributed by atoms with Crippen LogP contribution in [0.4, 0.5) is 5.69 Å². The Bertz CT molecular complexity index is 908. The number of nitrogens with one attached hydrogen (secondary N) is 2. The molecule has 0 aliphatic carbocycles.